The fraction of sp³-hybridized carbons (Fsp3) is 0.0508. The lowest BCUT2D eigenvalue weighted by molar-refractivity contribution is 0.611. The van der Waals surface area contributed by atoms with Crippen molar-refractivity contribution in [2.24, 2.45) is 5.92 Å². The molecule has 10 aromatic rings. The molecule has 3 heteroatoms. The number of benzene rings is 9. The fourth-order valence-corrected chi connectivity index (χ4v) is 10.3. The van der Waals surface area contributed by atoms with Gasteiger partial charge < -0.3 is 9.80 Å². The third kappa shape index (κ3) is 7.07. The van der Waals surface area contributed by atoms with Gasteiger partial charge in [0.05, 0.1) is 11.7 Å². The van der Waals surface area contributed by atoms with Crippen LogP contribution in [0.25, 0.3) is 58.8 Å². The molecule has 1 aliphatic carbocycles. The first-order valence-corrected chi connectivity index (χ1v) is 22.3. The van der Waals surface area contributed by atoms with Crippen LogP contribution >= 0.6 is 11.3 Å². The second-order valence-electron chi connectivity index (χ2n) is 16.2. The molecule has 62 heavy (non-hydrogen) atoms. The summed E-state index contributed by atoms with van der Waals surface area (Å²) in [6.07, 6.45) is 7.10. The summed E-state index contributed by atoms with van der Waals surface area (Å²) in [5, 5.41) is 5.03. The fourth-order valence-electron chi connectivity index (χ4n) is 9.20. The molecule has 0 bridgehead atoms. The molecule has 1 aromatic heterocycles. The van der Waals surface area contributed by atoms with E-state index in [1.807, 2.05) is 11.3 Å². The van der Waals surface area contributed by atoms with Crippen LogP contribution in [-0.2, 0) is 0 Å². The van der Waals surface area contributed by atoms with Crippen molar-refractivity contribution in [2.75, 3.05) is 9.80 Å². The Morgan fingerprint density at radius 2 is 0.919 bits per heavy atom. The van der Waals surface area contributed by atoms with E-state index in [-0.39, 0.29) is 12.0 Å². The lowest BCUT2D eigenvalue weighted by Crippen LogP contribution is -2.35. The van der Waals surface area contributed by atoms with Crippen molar-refractivity contribution in [3.8, 4) is 22.3 Å². The van der Waals surface area contributed by atoms with Crippen LogP contribution in [-0.4, -0.2) is 6.04 Å². The summed E-state index contributed by atoms with van der Waals surface area (Å²) in [7, 11) is 0. The molecule has 0 N–H and O–H groups in total. The van der Waals surface area contributed by atoms with Gasteiger partial charge in [0, 0.05) is 48.3 Å². The summed E-state index contributed by atoms with van der Waals surface area (Å²) in [5.41, 5.74) is 13.1. The lowest BCUT2D eigenvalue weighted by Gasteiger charge is -2.37. The molecule has 1 aliphatic rings. The van der Waals surface area contributed by atoms with Gasteiger partial charge in [-0.1, -0.05) is 177 Å². The van der Waals surface area contributed by atoms with Gasteiger partial charge in [0.1, 0.15) is 0 Å². The summed E-state index contributed by atoms with van der Waals surface area (Å²) in [5.74, 6) is 0.278. The maximum absolute atomic E-state index is 2.50. The van der Waals surface area contributed by atoms with Gasteiger partial charge in [-0.05, 0) is 111 Å². The van der Waals surface area contributed by atoms with E-state index in [1.54, 1.807) is 0 Å². The molecular weight excluding hydrogens is 769 g/mol. The molecule has 2 atom stereocenters. The second-order valence-corrected chi connectivity index (χ2v) is 17.3. The van der Waals surface area contributed by atoms with E-state index in [2.05, 4.69) is 253 Å². The molecule has 9 aromatic carbocycles. The molecule has 0 radical (unpaired) electrons. The first-order valence-electron chi connectivity index (χ1n) is 21.4. The Morgan fingerprint density at radius 3 is 1.58 bits per heavy atom. The average Bonchev–Trinajstić information content (AvgIpc) is 3.72. The van der Waals surface area contributed by atoms with Gasteiger partial charge >= 0.3 is 0 Å². The average molecular weight is 813 g/mol. The summed E-state index contributed by atoms with van der Waals surface area (Å²) in [6.45, 7) is 2.33. The Morgan fingerprint density at radius 1 is 0.403 bits per heavy atom. The first kappa shape index (κ1) is 37.5. The van der Waals surface area contributed by atoms with Crippen molar-refractivity contribution in [1.82, 2.24) is 0 Å². The van der Waals surface area contributed by atoms with Crippen LogP contribution in [0.3, 0.4) is 0 Å². The molecule has 0 amide bonds. The van der Waals surface area contributed by atoms with E-state index in [9.17, 15) is 0 Å². The number of allylic oxidation sites excluding steroid dienone is 2. The Hall–Kier alpha value is -7.46. The minimum absolute atomic E-state index is 0.140. The number of rotatable bonds is 9. The highest BCUT2D eigenvalue weighted by Gasteiger charge is 2.26. The smallest absolute Gasteiger partial charge is 0.0585 e. The highest BCUT2D eigenvalue weighted by Crippen LogP contribution is 2.44. The van der Waals surface area contributed by atoms with E-state index in [0.717, 1.165) is 22.7 Å². The van der Waals surface area contributed by atoms with Crippen LogP contribution in [0.2, 0.25) is 0 Å². The normalized spacial score (nSPS) is 14.9. The minimum atomic E-state index is 0.140. The number of thiophene rings is 1. The zero-order valence-corrected chi connectivity index (χ0v) is 35.3. The molecule has 0 aliphatic heterocycles. The van der Waals surface area contributed by atoms with Crippen molar-refractivity contribution in [3.63, 3.8) is 0 Å². The van der Waals surface area contributed by atoms with Gasteiger partial charge in [0.15, 0.2) is 0 Å². The number of hydrogen-bond acceptors (Lipinski definition) is 3. The maximum Gasteiger partial charge on any atom is 0.0585 e. The van der Waals surface area contributed by atoms with Gasteiger partial charge in [-0.15, -0.1) is 11.3 Å². The highest BCUT2D eigenvalue weighted by molar-refractivity contribution is 7.25. The van der Waals surface area contributed by atoms with Gasteiger partial charge in [-0.25, -0.2) is 0 Å². The topological polar surface area (TPSA) is 6.48 Å². The quantitative estimate of drug-likeness (QED) is 0.143. The number of anilines is 5. The molecule has 0 fully saturated rings. The van der Waals surface area contributed by atoms with Crippen LogP contribution in [0.4, 0.5) is 28.4 Å². The van der Waals surface area contributed by atoms with Crippen LogP contribution in [0, 0.1) is 5.92 Å². The van der Waals surface area contributed by atoms with Crippen LogP contribution in [0.1, 0.15) is 12.5 Å². The van der Waals surface area contributed by atoms with Crippen molar-refractivity contribution >= 4 is 76.3 Å². The van der Waals surface area contributed by atoms with E-state index in [1.165, 1.54) is 70.0 Å². The van der Waals surface area contributed by atoms with Gasteiger partial charge in [-0.3, -0.25) is 0 Å². The van der Waals surface area contributed by atoms with Crippen molar-refractivity contribution in [1.29, 1.82) is 0 Å². The van der Waals surface area contributed by atoms with Crippen molar-refractivity contribution in [3.05, 3.63) is 242 Å². The van der Waals surface area contributed by atoms with Crippen LogP contribution < -0.4 is 9.80 Å². The monoisotopic (exact) mass is 812 g/mol. The Labute approximate surface area is 367 Å². The molecule has 296 valence electrons. The van der Waals surface area contributed by atoms with Gasteiger partial charge in [-0.2, -0.15) is 0 Å². The number of fused-ring (bicyclic) bond motifs is 4. The zero-order valence-electron chi connectivity index (χ0n) is 34.5. The molecule has 0 spiro atoms. The summed E-state index contributed by atoms with van der Waals surface area (Å²) in [4.78, 5) is 4.91. The van der Waals surface area contributed by atoms with Gasteiger partial charge in [0.2, 0.25) is 0 Å². The van der Waals surface area contributed by atoms with Crippen LogP contribution in [0.5, 0.6) is 0 Å². The lowest BCUT2D eigenvalue weighted by atomic mass is 9.88. The Balaban J connectivity index is 0.941. The summed E-state index contributed by atoms with van der Waals surface area (Å²) >= 11 is 1.86. The molecular formula is C59H44N2S. The first-order chi connectivity index (χ1) is 30.6. The molecule has 1 heterocycles. The predicted molar refractivity (Wildman–Crippen MR) is 267 cm³/mol. The van der Waals surface area contributed by atoms with Crippen molar-refractivity contribution < 1.29 is 0 Å². The van der Waals surface area contributed by atoms with Crippen molar-refractivity contribution in [2.45, 2.75) is 13.0 Å². The third-order valence-corrected chi connectivity index (χ3v) is 13.5. The summed E-state index contributed by atoms with van der Waals surface area (Å²) in [6, 6.07) is 79.6. The van der Waals surface area contributed by atoms with E-state index in [0.29, 0.717) is 0 Å². The van der Waals surface area contributed by atoms with E-state index in [4.69, 9.17) is 0 Å². The Bertz CT molecular complexity index is 3230. The Kier molecular flexibility index (Phi) is 9.80. The van der Waals surface area contributed by atoms with E-state index >= 15 is 0 Å². The predicted octanol–water partition coefficient (Wildman–Crippen LogP) is 16.8. The highest BCUT2D eigenvalue weighted by atomic mass is 32.1. The minimum Gasteiger partial charge on any atom is -0.334 e. The van der Waals surface area contributed by atoms with Gasteiger partial charge in [0.25, 0.3) is 0 Å². The number of nitrogens with zero attached hydrogens (tertiary/aromatic N) is 2. The zero-order chi connectivity index (χ0) is 41.4. The second kappa shape index (κ2) is 16.2. The number of hydrogen-bond donors (Lipinski definition) is 0. The largest absolute Gasteiger partial charge is 0.334 e. The summed E-state index contributed by atoms with van der Waals surface area (Å²) < 4.78 is 2.62. The molecule has 2 unspecified atom stereocenters. The molecule has 2 nitrogen and oxygen atoms in total. The molecule has 11 rings (SSSR count). The standard InChI is InChI=1S/C59H44N2S/c1-41-39-48(43-15-6-3-7-16-43)29-37-56(41)60(49-30-23-44(24-31-49)42-13-4-2-5-14-42)50-32-25-45(26-33-50)46-27-34-51(35-28-46)61(57-21-12-18-47-17-8-9-19-53(47)57)52-36-38-59-55(40-52)54-20-10-11-22-58(54)62-59/h2-41,56H,1H3. The molecule has 0 saturated carbocycles. The third-order valence-electron chi connectivity index (χ3n) is 12.3. The van der Waals surface area contributed by atoms with E-state index < -0.39 is 0 Å². The van der Waals surface area contributed by atoms with Crippen LogP contribution in [0.15, 0.2) is 237 Å². The SMILES string of the molecule is CC1C=C(c2ccccc2)C=CC1N(c1ccc(-c2ccccc2)cc1)c1ccc(-c2ccc(N(c3ccc4sc5ccccc5c4c3)c3cccc4ccccc34)cc2)cc1. The maximum atomic E-state index is 2.50. The molecule has 0 saturated heterocycles.